The highest BCUT2D eigenvalue weighted by Gasteiger charge is 2.32. The zero-order valence-electron chi connectivity index (χ0n) is 17.0. The number of alkyl halides is 3. The van der Waals surface area contributed by atoms with E-state index in [1.54, 1.807) is 12.7 Å². The quantitative estimate of drug-likeness (QED) is 0.530. The van der Waals surface area contributed by atoms with Crippen molar-refractivity contribution in [3.63, 3.8) is 0 Å². The van der Waals surface area contributed by atoms with Gasteiger partial charge in [-0.3, -0.25) is 0 Å². The molecule has 33 heavy (non-hydrogen) atoms. The van der Waals surface area contributed by atoms with Gasteiger partial charge in [-0.1, -0.05) is 11.6 Å². The lowest BCUT2D eigenvalue weighted by Gasteiger charge is -2.30. The number of rotatable bonds is 6. The summed E-state index contributed by atoms with van der Waals surface area (Å²) in [5, 5.41) is 7.29. The van der Waals surface area contributed by atoms with Gasteiger partial charge in [-0.05, 0) is 56.0 Å². The topological polar surface area (TPSA) is 99.0 Å². The van der Waals surface area contributed by atoms with Crippen LogP contribution < -0.4 is 9.46 Å². The van der Waals surface area contributed by atoms with E-state index in [-0.39, 0.29) is 33.6 Å². The smallest absolute Gasteiger partial charge is 0.417 e. The fourth-order valence-corrected chi connectivity index (χ4v) is 5.17. The van der Waals surface area contributed by atoms with E-state index in [9.17, 15) is 21.6 Å². The fourth-order valence-electron chi connectivity index (χ4n) is 3.68. The molecule has 4 rings (SSSR count). The number of pyridine rings is 1. The Hall–Kier alpha value is -2.70. The predicted octanol–water partition coefficient (Wildman–Crippen LogP) is 4.60. The summed E-state index contributed by atoms with van der Waals surface area (Å²) in [7, 11) is -3.78. The van der Waals surface area contributed by atoms with Crippen molar-refractivity contribution >= 4 is 21.6 Å². The molecule has 0 bridgehead atoms. The van der Waals surface area contributed by atoms with Crippen LogP contribution in [-0.2, 0) is 16.2 Å². The maximum Gasteiger partial charge on any atom is 0.417 e. The summed E-state index contributed by atoms with van der Waals surface area (Å²) >= 11 is 5.84. The fraction of sp³-hybridized carbons (Fsp3) is 0.350. The van der Waals surface area contributed by atoms with Gasteiger partial charge in [0.2, 0.25) is 15.9 Å². The van der Waals surface area contributed by atoms with E-state index >= 15 is 0 Å². The molecule has 0 aliphatic heterocycles. The Bertz CT molecular complexity index is 1200. The van der Waals surface area contributed by atoms with E-state index in [4.69, 9.17) is 16.3 Å². The first kappa shape index (κ1) is 23.5. The summed E-state index contributed by atoms with van der Waals surface area (Å²) in [6.07, 6.45) is 2.41. The molecule has 0 unspecified atom stereocenters. The summed E-state index contributed by atoms with van der Waals surface area (Å²) in [5.74, 6) is -0.0471. The molecule has 1 aliphatic carbocycles. The molecule has 1 saturated carbocycles. The lowest BCUT2D eigenvalue weighted by atomic mass is 9.91. The molecule has 0 spiro atoms. The van der Waals surface area contributed by atoms with Crippen LogP contribution in [0.5, 0.6) is 11.6 Å². The molecular weight excluding hydrogens is 483 g/mol. The van der Waals surface area contributed by atoms with E-state index in [1.807, 2.05) is 4.57 Å². The molecule has 13 heteroatoms. The van der Waals surface area contributed by atoms with Crippen molar-refractivity contribution in [1.82, 2.24) is 24.5 Å². The van der Waals surface area contributed by atoms with Gasteiger partial charge >= 0.3 is 6.18 Å². The second-order valence-electron chi connectivity index (χ2n) is 7.63. The molecule has 1 aliphatic rings. The van der Waals surface area contributed by atoms with Crippen LogP contribution in [0.25, 0.3) is 0 Å². The third-order valence-electron chi connectivity index (χ3n) is 5.31. The zero-order valence-corrected chi connectivity index (χ0v) is 18.6. The number of sulfonamides is 1. The molecule has 0 saturated heterocycles. The normalized spacial score (nSPS) is 19.4. The Balaban J connectivity index is 1.42. The number of halogens is 4. The van der Waals surface area contributed by atoms with Gasteiger partial charge in [-0.2, -0.15) is 13.2 Å². The average Bonchev–Trinajstić information content (AvgIpc) is 3.30. The maximum absolute atomic E-state index is 12.8. The van der Waals surface area contributed by atoms with E-state index in [0.29, 0.717) is 18.7 Å². The number of aromatic nitrogens is 4. The summed E-state index contributed by atoms with van der Waals surface area (Å²) in [5.41, 5.74) is -0.999. The molecular formula is C20H19ClF3N5O3S. The number of hydrogen-bond acceptors (Lipinski definition) is 6. The van der Waals surface area contributed by atoms with Crippen molar-refractivity contribution in [3.8, 4) is 11.6 Å². The van der Waals surface area contributed by atoms with Crippen LogP contribution in [0.2, 0.25) is 5.02 Å². The van der Waals surface area contributed by atoms with Crippen LogP contribution in [0.4, 0.5) is 13.2 Å². The first-order valence-electron chi connectivity index (χ1n) is 9.99. The van der Waals surface area contributed by atoms with Crippen molar-refractivity contribution in [2.45, 2.75) is 48.8 Å². The molecule has 0 radical (unpaired) electrons. The molecule has 1 aromatic carbocycles. The Kier molecular flexibility index (Phi) is 6.59. The number of nitrogens with zero attached hydrogens (tertiary/aromatic N) is 4. The van der Waals surface area contributed by atoms with Crippen LogP contribution in [0.3, 0.4) is 0 Å². The molecule has 2 heterocycles. The van der Waals surface area contributed by atoms with Crippen LogP contribution in [-0.4, -0.2) is 34.2 Å². The Morgan fingerprint density at radius 2 is 1.82 bits per heavy atom. The van der Waals surface area contributed by atoms with Crippen molar-refractivity contribution in [2.24, 2.45) is 0 Å². The lowest BCUT2D eigenvalue weighted by Crippen LogP contribution is -2.38. The average molecular weight is 502 g/mol. The van der Waals surface area contributed by atoms with E-state index in [1.165, 1.54) is 24.3 Å². The lowest BCUT2D eigenvalue weighted by molar-refractivity contribution is -0.137. The molecule has 176 valence electrons. The highest BCUT2D eigenvalue weighted by atomic mass is 35.5. The first-order chi connectivity index (χ1) is 15.6. The molecule has 1 N–H and O–H groups in total. The van der Waals surface area contributed by atoms with Crippen molar-refractivity contribution in [2.75, 3.05) is 0 Å². The van der Waals surface area contributed by atoms with E-state index < -0.39 is 21.8 Å². The summed E-state index contributed by atoms with van der Waals surface area (Å²) in [6.45, 7) is 0. The molecule has 1 fully saturated rings. The Labute approximate surface area is 192 Å². The largest absolute Gasteiger partial charge is 0.438 e. The number of hydrogen-bond donors (Lipinski definition) is 1. The second kappa shape index (κ2) is 9.27. The first-order valence-corrected chi connectivity index (χ1v) is 11.8. The minimum absolute atomic E-state index is 0.0350. The Morgan fingerprint density at radius 1 is 1.12 bits per heavy atom. The summed E-state index contributed by atoms with van der Waals surface area (Å²) < 4.78 is 73.9. The van der Waals surface area contributed by atoms with Crippen LogP contribution in [0.15, 0.2) is 54.1 Å². The van der Waals surface area contributed by atoms with Crippen molar-refractivity contribution in [3.05, 3.63) is 59.8 Å². The zero-order chi connectivity index (χ0) is 23.6. The standard InChI is InChI=1S/C20H19ClF3N5O3S/c21-18-8-13(20(22,23)24)10-25-19(18)32-16-4-6-17(7-5-16)33(30,31)28-14-2-1-3-15(9-14)29-11-26-27-12-29/h4-8,10-12,14-15,28H,1-3,9H2/t14-,15+/m0/s1. The number of benzene rings is 1. The van der Waals surface area contributed by atoms with Crippen molar-refractivity contribution in [1.29, 1.82) is 0 Å². The molecule has 0 amide bonds. The highest BCUT2D eigenvalue weighted by Crippen LogP contribution is 2.35. The monoisotopic (exact) mass is 501 g/mol. The SMILES string of the molecule is O=S(=O)(N[C@H]1CCC[C@@H](n2cnnc2)C1)c1ccc(Oc2ncc(C(F)(F)F)cc2Cl)cc1. The van der Waals surface area contributed by atoms with Gasteiger partial charge in [0, 0.05) is 18.3 Å². The van der Waals surface area contributed by atoms with Gasteiger partial charge in [0.25, 0.3) is 0 Å². The third kappa shape index (κ3) is 5.63. The number of nitrogens with one attached hydrogen (secondary N) is 1. The Morgan fingerprint density at radius 3 is 2.45 bits per heavy atom. The molecule has 3 aromatic rings. The van der Waals surface area contributed by atoms with Gasteiger partial charge < -0.3 is 9.30 Å². The maximum atomic E-state index is 12.8. The van der Waals surface area contributed by atoms with Gasteiger partial charge in [0.15, 0.2) is 0 Å². The van der Waals surface area contributed by atoms with Crippen LogP contribution in [0, 0.1) is 0 Å². The minimum Gasteiger partial charge on any atom is -0.438 e. The summed E-state index contributed by atoms with van der Waals surface area (Å²) in [4.78, 5) is 3.64. The minimum atomic E-state index is -4.58. The highest BCUT2D eigenvalue weighted by molar-refractivity contribution is 7.89. The van der Waals surface area contributed by atoms with Gasteiger partial charge in [-0.15, -0.1) is 10.2 Å². The predicted molar refractivity (Wildman–Crippen MR) is 112 cm³/mol. The van der Waals surface area contributed by atoms with Gasteiger partial charge in [0.05, 0.1) is 10.5 Å². The molecule has 2 atom stereocenters. The van der Waals surface area contributed by atoms with Gasteiger partial charge in [0.1, 0.15) is 23.4 Å². The molecule has 2 aromatic heterocycles. The summed E-state index contributed by atoms with van der Waals surface area (Å²) in [6, 6.07) is 6.05. The third-order valence-corrected chi connectivity index (χ3v) is 7.12. The van der Waals surface area contributed by atoms with E-state index in [0.717, 1.165) is 19.3 Å². The van der Waals surface area contributed by atoms with Crippen LogP contribution >= 0.6 is 11.6 Å². The van der Waals surface area contributed by atoms with Gasteiger partial charge in [-0.25, -0.2) is 18.1 Å². The second-order valence-corrected chi connectivity index (χ2v) is 9.75. The van der Waals surface area contributed by atoms with E-state index in [2.05, 4.69) is 19.9 Å². The molecule has 8 nitrogen and oxygen atoms in total. The number of ether oxygens (including phenoxy) is 1. The van der Waals surface area contributed by atoms with Crippen molar-refractivity contribution < 1.29 is 26.3 Å². The van der Waals surface area contributed by atoms with Crippen LogP contribution in [0.1, 0.15) is 37.3 Å².